The first-order valence-electron chi connectivity index (χ1n) is 5.91. The molecule has 17 heavy (non-hydrogen) atoms. The molecule has 0 radical (unpaired) electrons. The number of thioether (sulfide) groups is 1. The molecular formula is C13H20O3S. The fourth-order valence-electron chi connectivity index (χ4n) is 1.32. The van der Waals surface area contributed by atoms with E-state index in [2.05, 4.69) is 0 Å². The summed E-state index contributed by atoms with van der Waals surface area (Å²) in [6.45, 7) is 3.54. The predicted molar refractivity (Wildman–Crippen MR) is 72.1 cm³/mol. The van der Waals surface area contributed by atoms with E-state index in [1.54, 1.807) is 11.8 Å². The van der Waals surface area contributed by atoms with Crippen LogP contribution in [0, 0.1) is 0 Å². The molecular weight excluding hydrogens is 236 g/mol. The minimum absolute atomic E-state index is 0.265. The third kappa shape index (κ3) is 5.84. The molecule has 0 aliphatic heterocycles. The maximum atomic E-state index is 8.64. The highest BCUT2D eigenvalue weighted by atomic mass is 32.2. The fraction of sp³-hybridized carbons (Fsp3) is 0.538. The molecule has 96 valence electrons. The van der Waals surface area contributed by atoms with Gasteiger partial charge in [-0.1, -0.05) is 12.1 Å². The Hall–Kier alpha value is -0.870. The van der Waals surface area contributed by atoms with Crippen LogP contribution in [0.1, 0.15) is 13.3 Å². The molecule has 1 aromatic carbocycles. The summed E-state index contributed by atoms with van der Waals surface area (Å²) in [4.78, 5) is 0. The van der Waals surface area contributed by atoms with Gasteiger partial charge in [0.1, 0.15) is 0 Å². The summed E-state index contributed by atoms with van der Waals surface area (Å²) in [5, 5.41) is 8.64. The van der Waals surface area contributed by atoms with Gasteiger partial charge in [0.25, 0.3) is 0 Å². The molecule has 0 saturated carbocycles. The van der Waals surface area contributed by atoms with Crippen molar-refractivity contribution in [3.8, 4) is 11.5 Å². The second kappa shape index (κ2) is 9.19. The molecule has 1 N–H and O–H groups in total. The van der Waals surface area contributed by atoms with E-state index < -0.39 is 0 Å². The Morgan fingerprint density at radius 1 is 1.12 bits per heavy atom. The maximum absolute atomic E-state index is 8.64. The van der Waals surface area contributed by atoms with Gasteiger partial charge in [-0.25, -0.2) is 0 Å². The first kappa shape index (κ1) is 14.2. The average molecular weight is 256 g/mol. The van der Waals surface area contributed by atoms with Gasteiger partial charge in [0, 0.05) is 12.4 Å². The first-order chi connectivity index (χ1) is 8.38. The fourth-order valence-corrected chi connectivity index (χ4v) is 2.06. The van der Waals surface area contributed by atoms with Gasteiger partial charge in [0.15, 0.2) is 11.5 Å². The lowest BCUT2D eigenvalue weighted by Crippen LogP contribution is -2.03. The number of para-hydroxylation sites is 2. The summed E-state index contributed by atoms with van der Waals surface area (Å²) >= 11 is 1.79. The summed E-state index contributed by atoms with van der Waals surface area (Å²) in [5.41, 5.74) is 0. The SMILES string of the molecule is CCOc1ccccc1OCCSCCCO. The van der Waals surface area contributed by atoms with Gasteiger partial charge in [-0.3, -0.25) is 0 Å². The lowest BCUT2D eigenvalue weighted by Gasteiger charge is -2.11. The molecule has 1 aromatic rings. The van der Waals surface area contributed by atoms with Crippen molar-refractivity contribution in [1.29, 1.82) is 0 Å². The molecule has 0 aliphatic rings. The summed E-state index contributed by atoms with van der Waals surface area (Å²) in [5.74, 6) is 3.51. The molecule has 0 bridgehead atoms. The molecule has 0 spiro atoms. The van der Waals surface area contributed by atoms with E-state index in [1.807, 2.05) is 31.2 Å². The standard InChI is InChI=1S/C13H20O3S/c1-2-15-12-6-3-4-7-13(12)16-9-11-17-10-5-8-14/h3-4,6-7,14H,2,5,8-11H2,1H3. The molecule has 0 unspecified atom stereocenters. The Morgan fingerprint density at radius 3 is 2.47 bits per heavy atom. The molecule has 4 heteroatoms. The summed E-state index contributed by atoms with van der Waals surface area (Å²) in [6.07, 6.45) is 0.847. The van der Waals surface area contributed by atoms with Crippen LogP contribution in [-0.4, -0.2) is 36.4 Å². The van der Waals surface area contributed by atoms with E-state index in [1.165, 1.54) is 0 Å². The lowest BCUT2D eigenvalue weighted by atomic mass is 10.3. The van der Waals surface area contributed by atoms with Crippen LogP contribution in [0.4, 0.5) is 0 Å². The van der Waals surface area contributed by atoms with E-state index in [4.69, 9.17) is 14.6 Å². The average Bonchev–Trinajstić information content (AvgIpc) is 2.36. The highest BCUT2D eigenvalue weighted by Crippen LogP contribution is 2.26. The topological polar surface area (TPSA) is 38.7 Å². The zero-order valence-corrected chi connectivity index (χ0v) is 11.0. The lowest BCUT2D eigenvalue weighted by molar-refractivity contribution is 0.289. The Bertz CT molecular complexity index is 304. The van der Waals surface area contributed by atoms with Gasteiger partial charge in [-0.15, -0.1) is 0 Å². The van der Waals surface area contributed by atoms with Crippen molar-refractivity contribution >= 4 is 11.8 Å². The van der Waals surface area contributed by atoms with Gasteiger partial charge in [0.05, 0.1) is 13.2 Å². The van der Waals surface area contributed by atoms with Crippen LogP contribution in [0.2, 0.25) is 0 Å². The largest absolute Gasteiger partial charge is 0.490 e. The quantitative estimate of drug-likeness (QED) is 0.689. The van der Waals surface area contributed by atoms with Crippen LogP contribution in [0.15, 0.2) is 24.3 Å². The van der Waals surface area contributed by atoms with Crippen molar-refractivity contribution in [3.05, 3.63) is 24.3 Å². The Kier molecular flexibility index (Phi) is 7.67. The van der Waals surface area contributed by atoms with E-state index in [0.717, 1.165) is 29.4 Å². The van der Waals surface area contributed by atoms with Crippen molar-refractivity contribution in [1.82, 2.24) is 0 Å². The van der Waals surface area contributed by atoms with Gasteiger partial charge >= 0.3 is 0 Å². The van der Waals surface area contributed by atoms with Gasteiger partial charge in [-0.2, -0.15) is 11.8 Å². The molecule has 0 aliphatic carbocycles. The summed E-state index contributed by atoms with van der Waals surface area (Å²) in [7, 11) is 0. The molecule has 0 atom stereocenters. The zero-order valence-electron chi connectivity index (χ0n) is 10.2. The Labute approximate surface area is 107 Å². The number of aliphatic hydroxyl groups is 1. The van der Waals surface area contributed by atoms with Crippen LogP contribution in [0.25, 0.3) is 0 Å². The normalized spacial score (nSPS) is 10.2. The van der Waals surface area contributed by atoms with Crippen LogP contribution in [-0.2, 0) is 0 Å². The van der Waals surface area contributed by atoms with Crippen molar-refractivity contribution in [2.45, 2.75) is 13.3 Å². The molecule has 0 saturated heterocycles. The Morgan fingerprint density at radius 2 is 1.82 bits per heavy atom. The third-order valence-electron chi connectivity index (χ3n) is 2.08. The first-order valence-corrected chi connectivity index (χ1v) is 7.07. The van der Waals surface area contributed by atoms with Crippen molar-refractivity contribution in [2.75, 3.05) is 31.3 Å². The van der Waals surface area contributed by atoms with Gasteiger partial charge in [-0.05, 0) is 31.2 Å². The van der Waals surface area contributed by atoms with Gasteiger partial charge < -0.3 is 14.6 Å². The second-order valence-corrected chi connectivity index (χ2v) is 4.64. The van der Waals surface area contributed by atoms with Gasteiger partial charge in [0.2, 0.25) is 0 Å². The molecule has 0 fully saturated rings. The minimum Gasteiger partial charge on any atom is -0.490 e. The number of ether oxygens (including phenoxy) is 2. The molecule has 0 heterocycles. The number of benzene rings is 1. The monoisotopic (exact) mass is 256 g/mol. The Balaban J connectivity index is 2.25. The van der Waals surface area contributed by atoms with Crippen LogP contribution >= 0.6 is 11.8 Å². The van der Waals surface area contributed by atoms with E-state index in [-0.39, 0.29) is 6.61 Å². The molecule has 1 rings (SSSR count). The second-order valence-electron chi connectivity index (χ2n) is 3.42. The maximum Gasteiger partial charge on any atom is 0.161 e. The van der Waals surface area contributed by atoms with E-state index in [0.29, 0.717) is 13.2 Å². The number of rotatable bonds is 9. The molecule has 0 amide bonds. The van der Waals surface area contributed by atoms with Crippen LogP contribution in [0.5, 0.6) is 11.5 Å². The summed E-state index contributed by atoms with van der Waals surface area (Å²) < 4.78 is 11.1. The number of aliphatic hydroxyl groups excluding tert-OH is 1. The molecule has 3 nitrogen and oxygen atoms in total. The van der Waals surface area contributed by atoms with Crippen molar-refractivity contribution < 1.29 is 14.6 Å². The smallest absolute Gasteiger partial charge is 0.161 e. The number of hydrogen-bond acceptors (Lipinski definition) is 4. The highest BCUT2D eigenvalue weighted by Gasteiger charge is 2.02. The van der Waals surface area contributed by atoms with Crippen molar-refractivity contribution in [3.63, 3.8) is 0 Å². The van der Waals surface area contributed by atoms with E-state index >= 15 is 0 Å². The highest BCUT2D eigenvalue weighted by molar-refractivity contribution is 7.99. The van der Waals surface area contributed by atoms with Crippen LogP contribution < -0.4 is 9.47 Å². The predicted octanol–water partition coefficient (Wildman–Crippen LogP) is 2.58. The zero-order chi connectivity index (χ0) is 12.3. The minimum atomic E-state index is 0.265. The van der Waals surface area contributed by atoms with Crippen LogP contribution in [0.3, 0.4) is 0 Å². The van der Waals surface area contributed by atoms with Crippen molar-refractivity contribution in [2.24, 2.45) is 0 Å². The summed E-state index contributed by atoms with van der Waals surface area (Å²) in [6, 6.07) is 7.71. The number of hydrogen-bond donors (Lipinski definition) is 1. The molecule has 0 aromatic heterocycles. The third-order valence-corrected chi connectivity index (χ3v) is 3.11. The van der Waals surface area contributed by atoms with E-state index in [9.17, 15) is 0 Å².